The second-order valence-corrected chi connectivity index (χ2v) is 5.44. The van der Waals surface area contributed by atoms with Gasteiger partial charge in [-0.25, -0.2) is 0 Å². The Labute approximate surface area is 76.1 Å². The Morgan fingerprint density at radius 1 is 1.42 bits per heavy atom. The van der Waals surface area contributed by atoms with Gasteiger partial charge in [0.05, 0.1) is 0 Å². The van der Waals surface area contributed by atoms with Crippen molar-refractivity contribution in [3.8, 4) is 0 Å². The van der Waals surface area contributed by atoms with Gasteiger partial charge in [-0.05, 0) is 44.4 Å². The van der Waals surface area contributed by atoms with Crippen molar-refractivity contribution in [1.29, 1.82) is 0 Å². The third-order valence-corrected chi connectivity index (χ3v) is 3.75. The Bertz CT molecular complexity index is 176. The standard InChI is InChI=1S/C11H21N/c1-9(2)12-7-10-4-5-11(3,6-10)8-12/h9-10H,4-8H2,1-3H3. The normalized spacial score (nSPS) is 42.5. The van der Waals surface area contributed by atoms with Gasteiger partial charge in [-0.15, -0.1) is 0 Å². The van der Waals surface area contributed by atoms with Crippen LogP contribution in [0.2, 0.25) is 0 Å². The summed E-state index contributed by atoms with van der Waals surface area (Å²) in [6.45, 7) is 9.85. The van der Waals surface area contributed by atoms with Crippen LogP contribution in [0.4, 0.5) is 0 Å². The zero-order valence-electron chi connectivity index (χ0n) is 8.64. The summed E-state index contributed by atoms with van der Waals surface area (Å²) in [5, 5.41) is 0. The summed E-state index contributed by atoms with van der Waals surface area (Å²) < 4.78 is 0. The number of hydrogen-bond acceptors (Lipinski definition) is 1. The highest BCUT2D eigenvalue weighted by molar-refractivity contribution is 4.94. The summed E-state index contributed by atoms with van der Waals surface area (Å²) >= 11 is 0. The summed E-state index contributed by atoms with van der Waals surface area (Å²) in [5.74, 6) is 1.02. The Morgan fingerprint density at radius 3 is 2.75 bits per heavy atom. The van der Waals surface area contributed by atoms with E-state index in [4.69, 9.17) is 0 Å². The van der Waals surface area contributed by atoms with Gasteiger partial charge >= 0.3 is 0 Å². The molecule has 0 aromatic heterocycles. The molecule has 2 atom stereocenters. The van der Waals surface area contributed by atoms with Crippen molar-refractivity contribution < 1.29 is 0 Å². The molecule has 0 amide bonds. The van der Waals surface area contributed by atoms with Crippen LogP contribution in [0.5, 0.6) is 0 Å². The van der Waals surface area contributed by atoms with Gasteiger partial charge in [-0.3, -0.25) is 0 Å². The number of nitrogens with zero attached hydrogens (tertiary/aromatic N) is 1. The molecule has 1 heterocycles. The maximum absolute atomic E-state index is 2.67. The minimum absolute atomic E-state index is 0.674. The molecule has 1 saturated heterocycles. The van der Waals surface area contributed by atoms with Gasteiger partial charge in [0, 0.05) is 19.1 Å². The fraction of sp³-hybridized carbons (Fsp3) is 1.00. The monoisotopic (exact) mass is 167 g/mol. The van der Waals surface area contributed by atoms with Crippen molar-refractivity contribution in [3.05, 3.63) is 0 Å². The van der Waals surface area contributed by atoms with E-state index < -0.39 is 0 Å². The van der Waals surface area contributed by atoms with Crippen LogP contribution in [0.1, 0.15) is 40.0 Å². The van der Waals surface area contributed by atoms with Crippen LogP contribution in [0, 0.1) is 11.3 Å². The topological polar surface area (TPSA) is 3.24 Å². The summed E-state index contributed by atoms with van der Waals surface area (Å²) in [5.41, 5.74) is 0.674. The summed E-state index contributed by atoms with van der Waals surface area (Å²) in [6, 6.07) is 0.755. The molecule has 2 aliphatic rings. The third-order valence-electron chi connectivity index (χ3n) is 3.75. The number of rotatable bonds is 1. The average molecular weight is 167 g/mol. The second kappa shape index (κ2) is 2.73. The van der Waals surface area contributed by atoms with Gasteiger partial charge in [-0.1, -0.05) is 6.92 Å². The lowest BCUT2D eigenvalue weighted by atomic mass is 9.84. The number of hydrogen-bond donors (Lipinski definition) is 0. The van der Waals surface area contributed by atoms with E-state index in [1.54, 1.807) is 0 Å². The molecule has 0 aromatic carbocycles. The van der Waals surface area contributed by atoms with Crippen LogP contribution in [0.15, 0.2) is 0 Å². The molecule has 2 rings (SSSR count). The van der Waals surface area contributed by atoms with Crippen molar-refractivity contribution in [3.63, 3.8) is 0 Å². The Hall–Kier alpha value is -0.0400. The first-order valence-corrected chi connectivity index (χ1v) is 5.33. The largest absolute Gasteiger partial charge is 0.300 e. The molecule has 2 unspecified atom stereocenters. The van der Waals surface area contributed by atoms with Crippen LogP contribution < -0.4 is 0 Å². The van der Waals surface area contributed by atoms with Gasteiger partial charge in [0.1, 0.15) is 0 Å². The predicted molar refractivity (Wildman–Crippen MR) is 52.2 cm³/mol. The molecular weight excluding hydrogens is 146 g/mol. The maximum atomic E-state index is 2.67. The molecule has 1 aliphatic heterocycles. The molecule has 1 heteroatoms. The molecule has 0 aromatic rings. The highest BCUT2D eigenvalue weighted by atomic mass is 15.2. The van der Waals surface area contributed by atoms with Crippen molar-refractivity contribution in [2.45, 2.75) is 46.1 Å². The van der Waals surface area contributed by atoms with E-state index in [9.17, 15) is 0 Å². The fourth-order valence-electron chi connectivity index (χ4n) is 3.03. The van der Waals surface area contributed by atoms with Crippen molar-refractivity contribution in [2.24, 2.45) is 11.3 Å². The molecule has 0 spiro atoms. The van der Waals surface area contributed by atoms with Gasteiger partial charge < -0.3 is 4.90 Å². The van der Waals surface area contributed by atoms with Crippen LogP contribution in [0.25, 0.3) is 0 Å². The lowest BCUT2D eigenvalue weighted by Gasteiger charge is -2.40. The highest BCUT2D eigenvalue weighted by Crippen LogP contribution is 2.46. The third kappa shape index (κ3) is 1.39. The van der Waals surface area contributed by atoms with E-state index in [1.807, 2.05) is 0 Å². The fourth-order valence-corrected chi connectivity index (χ4v) is 3.03. The lowest BCUT2D eigenvalue weighted by molar-refractivity contribution is 0.0837. The van der Waals surface area contributed by atoms with E-state index >= 15 is 0 Å². The van der Waals surface area contributed by atoms with Crippen molar-refractivity contribution in [1.82, 2.24) is 4.90 Å². The number of piperidine rings is 1. The Morgan fingerprint density at radius 2 is 2.17 bits per heavy atom. The number of likely N-dealkylation sites (tertiary alicyclic amines) is 1. The van der Waals surface area contributed by atoms with E-state index in [0.717, 1.165) is 12.0 Å². The van der Waals surface area contributed by atoms with E-state index in [-0.39, 0.29) is 0 Å². The maximum Gasteiger partial charge on any atom is 0.00389 e. The van der Waals surface area contributed by atoms with Gasteiger partial charge in [-0.2, -0.15) is 0 Å². The summed E-state index contributed by atoms with van der Waals surface area (Å²) in [6.07, 6.45) is 4.46. The van der Waals surface area contributed by atoms with E-state index in [1.165, 1.54) is 32.4 Å². The van der Waals surface area contributed by atoms with Crippen LogP contribution >= 0.6 is 0 Å². The first-order chi connectivity index (χ1) is 5.59. The van der Waals surface area contributed by atoms with Crippen LogP contribution in [0.3, 0.4) is 0 Å². The highest BCUT2D eigenvalue weighted by Gasteiger charge is 2.41. The average Bonchev–Trinajstić information content (AvgIpc) is 2.25. The molecular formula is C11H21N. The zero-order chi connectivity index (χ0) is 8.77. The van der Waals surface area contributed by atoms with Crippen molar-refractivity contribution in [2.75, 3.05) is 13.1 Å². The molecule has 1 aliphatic carbocycles. The Kier molecular flexibility index (Phi) is 1.95. The molecule has 0 N–H and O–H groups in total. The Balaban J connectivity index is 2.06. The molecule has 2 fully saturated rings. The van der Waals surface area contributed by atoms with Gasteiger partial charge in [0.25, 0.3) is 0 Å². The SMILES string of the molecule is CC(C)N1CC2CCC(C)(C2)C1. The summed E-state index contributed by atoms with van der Waals surface area (Å²) in [4.78, 5) is 2.67. The molecule has 12 heavy (non-hydrogen) atoms. The molecule has 1 nitrogen and oxygen atoms in total. The first-order valence-electron chi connectivity index (χ1n) is 5.33. The molecule has 2 bridgehead atoms. The van der Waals surface area contributed by atoms with E-state index in [2.05, 4.69) is 25.7 Å². The first kappa shape index (κ1) is 8.55. The smallest absolute Gasteiger partial charge is 0.00389 e. The van der Waals surface area contributed by atoms with E-state index in [0.29, 0.717) is 5.41 Å². The van der Waals surface area contributed by atoms with Gasteiger partial charge in [0.15, 0.2) is 0 Å². The predicted octanol–water partition coefficient (Wildman–Crippen LogP) is 2.52. The minimum atomic E-state index is 0.674. The zero-order valence-corrected chi connectivity index (χ0v) is 8.64. The molecule has 1 saturated carbocycles. The minimum Gasteiger partial charge on any atom is -0.300 e. The quantitative estimate of drug-likeness (QED) is 0.580. The van der Waals surface area contributed by atoms with Crippen molar-refractivity contribution >= 4 is 0 Å². The molecule has 70 valence electrons. The lowest BCUT2D eigenvalue weighted by Crippen LogP contribution is -2.44. The number of fused-ring (bicyclic) bond motifs is 2. The van der Waals surface area contributed by atoms with Crippen LogP contribution in [-0.4, -0.2) is 24.0 Å². The summed E-state index contributed by atoms with van der Waals surface area (Å²) in [7, 11) is 0. The van der Waals surface area contributed by atoms with Crippen LogP contribution in [-0.2, 0) is 0 Å². The van der Waals surface area contributed by atoms with Gasteiger partial charge in [0.2, 0.25) is 0 Å². The second-order valence-electron chi connectivity index (χ2n) is 5.44. The molecule has 0 radical (unpaired) electrons.